The molecule has 1 amide bonds. The topological polar surface area (TPSA) is 90.6 Å². The third-order valence-corrected chi connectivity index (χ3v) is 4.19. The number of carbonyl (C=O) groups is 1. The minimum Gasteiger partial charge on any atom is -0.346 e. The molecule has 6 nitrogen and oxygen atoms in total. The molecule has 2 aromatic rings. The predicted molar refractivity (Wildman–Crippen MR) is 82.9 cm³/mol. The number of nitrogens with zero attached hydrogens (tertiary/aromatic N) is 1. The number of pyridine rings is 1. The highest BCUT2D eigenvalue weighted by atomic mass is 16.2. The molecule has 1 aliphatic carbocycles. The van der Waals surface area contributed by atoms with Gasteiger partial charge >= 0.3 is 0 Å². The molecule has 1 aliphatic rings. The zero-order chi connectivity index (χ0) is 15.7. The molecule has 3 rings (SSSR count). The van der Waals surface area contributed by atoms with Gasteiger partial charge in [-0.15, -0.1) is 0 Å². The lowest BCUT2D eigenvalue weighted by Gasteiger charge is -2.11. The van der Waals surface area contributed by atoms with Crippen LogP contribution >= 0.6 is 0 Å². The van der Waals surface area contributed by atoms with E-state index in [-0.39, 0.29) is 18.0 Å². The van der Waals surface area contributed by atoms with E-state index in [1.807, 2.05) is 19.9 Å². The number of rotatable bonds is 3. The fourth-order valence-electron chi connectivity index (χ4n) is 3.02. The van der Waals surface area contributed by atoms with Gasteiger partial charge in [0.2, 0.25) is 0 Å². The van der Waals surface area contributed by atoms with Crippen molar-refractivity contribution in [3.05, 3.63) is 50.2 Å². The van der Waals surface area contributed by atoms with E-state index < -0.39 is 0 Å². The molecule has 0 saturated carbocycles. The summed E-state index contributed by atoms with van der Waals surface area (Å²) < 4.78 is 0. The monoisotopic (exact) mass is 300 g/mol. The zero-order valence-corrected chi connectivity index (χ0v) is 12.9. The molecule has 6 heteroatoms. The Hall–Kier alpha value is -2.37. The van der Waals surface area contributed by atoms with E-state index in [0.29, 0.717) is 11.3 Å². The summed E-state index contributed by atoms with van der Waals surface area (Å²) in [7, 11) is 0. The second-order valence-electron chi connectivity index (χ2n) is 5.86. The van der Waals surface area contributed by atoms with Gasteiger partial charge in [0, 0.05) is 29.1 Å². The van der Waals surface area contributed by atoms with Crippen LogP contribution in [-0.4, -0.2) is 21.1 Å². The van der Waals surface area contributed by atoms with Gasteiger partial charge < -0.3 is 10.3 Å². The lowest BCUT2D eigenvalue weighted by atomic mass is 9.96. The largest absolute Gasteiger partial charge is 0.346 e. The fourth-order valence-corrected chi connectivity index (χ4v) is 3.02. The molecular formula is C16H20N4O2. The number of aryl methyl sites for hydroxylation is 3. The van der Waals surface area contributed by atoms with Crippen molar-refractivity contribution in [1.29, 1.82) is 0 Å². The Kier molecular flexibility index (Phi) is 3.83. The Labute approximate surface area is 128 Å². The first-order valence-corrected chi connectivity index (χ1v) is 7.60. The lowest BCUT2D eigenvalue weighted by Crippen LogP contribution is -2.29. The molecule has 0 atom stereocenters. The minimum atomic E-state index is -0.223. The van der Waals surface area contributed by atoms with Crippen molar-refractivity contribution in [2.24, 2.45) is 0 Å². The number of carbonyl (C=O) groups excluding carboxylic acids is 1. The number of amides is 1. The standard InChI is InChI=1S/C16H20N4O2/c1-9-7-10(2)18-15(21)12(9)8-17-16(22)14-11-5-3-4-6-13(11)19-20-14/h7H,3-6,8H2,1-2H3,(H,17,22)(H,18,21)(H,19,20). The Morgan fingerprint density at radius 2 is 2.09 bits per heavy atom. The summed E-state index contributed by atoms with van der Waals surface area (Å²) in [6.07, 6.45) is 4.06. The number of aromatic amines is 2. The van der Waals surface area contributed by atoms with E-state index in [1.165, 1.54) is 0 Å². The van der Waals surface area contributed by atoms with Crippen LogP contribution in [0.4, 0.5) is 0 Å². The first-order valence-electron chi connectivity index (χ1n) is 7.60. The van der Waals surface area contributed by atoms with Crippen molar-refractivity contribution in [3.8, 4) is 0 Å². The average Bonchev–Trinajstić information content (AvgIpc) is 2.90. The third kappa shape index (κ3) is 2.68. The summed E-state index contributed by atoms with van der Waals surface area (Å²) in [5.74, 6) is -0.223. The van der Waals surface area contributed by atoms with E-state index in [2.05, 4.69) is 20.5 Å². The number of hydrogen-bond donors (Lipinski definition) is 3. The molecule has 0 aromatic carbocycles. The van der Waals surface area contributed by atoms with E-state index >= 15 is 0 Å². The Balaban J connectivity index is 1.76. The Bertz CT molecular complexity index is 773. The zero-order valence-electron chi connectivity index (χ0n) is 12.9. The van der Waals surface area contributed by atoms with Crippen LogP contribution in [0.15, 0.2) is 10.9 Å². The van der Waals surface area contributed by atoms with Gasteiger partial charge in [-0.05, 0) is 51.2 Å². The van der Waals surface area contributed by atoms with Crippen LogP contribution in [0.1, 0.15) is 51.4 Å². The second-order valence-corrected chi connectivity index (χ2v) is 5.86. The van der Waals surface area contributed by atoms with Crippen LogP contribution in [-0.2, 0) is 19.4 Å². The molecule has 116 valence electrons. The molecule has 0 unspecified atom stereocenters. The highest BCUT2D eigenvalue weighted by Gasteiger charge is 2.21. The van der Waals surface area contributed by atoms with E-state index in [4.69, 9.17) is 0 Å². The summed E-state index contributed by atoms with van der Waals surface area (Å²) >= 11 is 0. The first-order chi connectivity index (χ1) is 10.6. The molecule has 2 heterocycles. The second kappa shape index (κ2) is 5.79. The van der Waals surface area contributed by atoms with Crippen molar-refractivity contribution in [2.75, 3.05) is 0 Å². The van der Waals surface area contributed by atoms with E-state index in [9.17, 15) is 9.59 Å². The van der Waals surface area contributed by atoms with Crippen molar-refractivity contribution >= 4 is 5.91 Å². The van der Waals surface area contributed by atoms with Crippen LogP contribution in [0.3, 0.4) is 0 Å². The molecule has 3 N–H and O–H groups in total. The van der Waals surface area contributed by atoms with Crippen LogP contribution in [0.2, 0.25) is 0 Å². The third-order valence-electron chi connectivity index (χ3n) is 4.19. The summed E-state index contributed by atoms with van der Waals surface area (Å²) in [4.78, 5) is 27.1. The Morgan fingerprint density at radius 1 is 1.32 bits per heavy atom. The number of fused-ring (bicyclic) bond motifs is 1. The van der Waals surface area contributed by atoms with Gasteiger partial charge in [-0.25, -0.2) is 0 Å². The molecule has 0 bridgehead atoms. The maximum absolute atomic E-state index is 12.3. The van der Waals surface area contributed by atoms with E-state index in [0.717, 1.165) is 48.2 Å². The lowest BCUT2D eigenvalue weighted by molar-refractivity contribution is 0.0944. The van der Waals surface area contributed by atoms with Crippen LogP contribution in [0.25, 0.3) is 0 Å². The predicted octanol–water partition coefficient (Wildman–Crippen LogP) is 1.52. The van der Waals surface area contributed by atoms with Crippen molar-refractivity contribution < 1.29 is 4.79 Å². The number of H-pyrrole nitrogens is 2. The maximum atomic E-state index is 12.3. The quantitative estimate of drug-likeness (QED) is 0.802. The Morgan fingerprint density at radius 3 is 2.86 bits per heavy atom. The van der Waals surface area contributed by atoms with Crippen LogP contribution in [0, 0.1) is 13.8 Å². The van der Waals surface area contributed by atoms with Gasteiger partial charge in [0.15, 0.2) is 5.69 Å². The van der Waals surface area contributed by atoms with Gasteiger partial charge in [-0.1, -0.05) is 0 Å². The summed E-state index contributed by atoms with van der Waals surface area (Å²) in [6.45, 7) is 3.93. The molecule has 0 radical (unpaired) electrons. The number of nitrogens with one attached hydrogen (secondary N) is 3. The molecule has 0 fully saturated rings. The number of hydrogen-bond acceptors (Lipinski definition) is 3. The molecule has 0 aliphatic heterocycles. The maximum Gasteiger partial charge on any atom is 0.272 e. The van der Waals surface area contributed by atoms with Gasteiger partial charge in [-0.3, -0.25) is 14.7 Å². The highest BCUT2D eigenvalue weighted by molar-refractivity contribution is 5.94. The molecule has 0 spiro atoms. The summed E-state index contributed by atoms with van der Waals surface area (Å²) in [6, 6.07) is 1.90. The average molecular weight is 300 g/mol. The van der Waals surface area contributed by atoms with E-state index in [1.54, 1.807) is 0 Å². The van der Waals surface area contributed by atoms with Crippen LogP contribution < -0.4 is 10.9 Å². The van der Waals surface area contributed by atoms with Gasteiger partial charge in [-0.2, -0.15) is 5.10 Å². The van der Waals surface area contributed by atoms with Gasteiger partial charge in [0.25, 0.3) is 11.5 Å². The smallest absolute Gasteiger partial charge is 0.272 e. The van der Waals surface area contributed by atoms with Gasteiger partial charge in [0.1, 0.15) is 0 Å². The molecular weight excluding hydrogens is 280 g/mol. The molecule has 22 heavy (non-hydrogen) atoms. The first kappa shape index (κ1) is 14.6. The number of aromatic nitrogens is 3. The SMILES string of the molecule is Cc1cc(C)c(CNC(=O)c2n[nH]c3c2CCCC3)c(=O)[nH]1. The summed E-state index contributed by atoms with van der Waals surface area (Å²) in [5.41, 5.74) is 4.70. The van der Waals surface area contributed by atoms with Crippen molar-refractivity contribution in [2.45, 2.75) is 46.1 Å². The normalized spacial score (nSPS) is 13.7. The molecule has 2 aromatic heterocycles. The molecule has 0 saturated heterocycles. The van der Waals surface area contributed by atoms with Gasteiger partial charge in [0.05, 0.1) is 0 Å². The fraction of sp³-hybridized carbons (Fsp3) is 0.438. The van der Waals surface area contributed by atoms with Crippen molar-refractivity contribution in [3.63, 3.8) is 0 Å². The highest BCUT2D eigenvalue weighted by Crippen LogP contribution is 2.22. The van der Waals surface area contributed by atoms with Crippen LogP contribution in [0.5, 0.6) is 0 Å². The minimum absolute atomic E-state index is 0.151. The summed E-state index contributed by atoms with van der Waals surface area (Å²) in [5, 5.41) is 9.91. The van der Waals surface area contributed by atoms with Crippen molar-refractivity contribution in [1.82, 2.24) is 20.5 Å².